The van der Waals surface area contributed by atoms with E-state index in [4.69, 9.17) is 37.4 Å². The number of benzene rings is 4. The molecule has 3 N–H and O–H groups in total. The van der Waals surface area contributed by atoms with Crippen LogP contribution in [0.4, 0.5) is 8.78 Å². The SMILES string of the molecule is CC(C)(C)C(=O)Cl.CC(C)(C)C(=O)OC1=C(c2cc(-c3ccc(F)cc3)ccc2Cl)C(=O)NC12CCOCC2.Cc1ccc(-c2ccc(F)cc2)cc1C1=C(O)C2(CCOCC2)NC1=O. The lowest BCUT2D eigenvalue weighted by Gasteiger charge is -2.35. The average molecular weight is 932 g/mol. The van der Waals surface area contributed by atoms with E-state index in [1.165, 1.54) is 24.3 Å². The van der Waals surface area contributed by atoms with E-state index in [-0.39, 0.29) is 45.4 Å². The quantitative estimate of drug-likeness (QED) is 0.133. The van der Waals surface area contributed by atoms with Crippen molar-refractivity contribution < 1.29 is 47.3 Å². The highest BCUT2D eigenvalue weighted by Gasteiger charge is 2.50. The smallest absolute Gasteiger partial charge is 0.316 e. The first-order valence-corrected chi connectivity index (χ1v) is 22.1. The highest BCUT2D eigenvalue weighted by Crippen LogP contribution is 2.44. The van der Waals surface area contributed by atoms with Gasteiger partial charge in [-0.05, 0) is 115 Å². The van der Waals surface area contributed by atoms with Gasteiger partial charge in [0.1, 0.15) is 34.2 Å². The Labute approximate surface area is 388 Å². The van der Waals surface area contributed by atoms with Gasteiger partial charge in [0.2, 0.25) is 5.24 Å². The van der Waals surface area contributed by atoms with Gasteiger partial charge in [0.15, 0.2) is 0 Å². The van der Waals surface area contributed by atoms with Gasteiger partial charge < -0.3 is 30.0 Å². The van der Waals surface area contributed by atoms with Crippen molar-refractivity contribution in [2.75, 3.05) is 26.4 Å². The number of rotatable bonds is 5. The summed E-state index contributed by atoms with van der Waals surface area (Å²) in [5.74, 6) is -1.27. The van der Waals surface area contributed by atoms with E-state index in [1.807, 2.05) is 25.1 Å². The molecular weight excluding hydrogens is 877 g/mol. The van der Waals surface area contributed by atoms with Gasteiger partial charge in [-0.1, -0.05) is 74.8 Å². The third-order valence-corrected chi connectivity index (χ3v) is 12.6. The summed E-state index contributed by atoms with van der Waals surface area (Å²) in [6, 6.07) is 23.3. The maximum Gasteiger partial charge on any atom is 0.316 e. The number of hydrogen-bond acceptors (Lipinski definition) is 8. The third-order valence-electron chi connectivity index (χ3n) is 11.7. The number of halogens is 4. The van der Waals surface area contributed by atoms with Crippen molar-refractivity contribution in [1.29, 1.82) is 0 Å². The standard InChI is InChI=1S/C25H25ClFNO4.C21H20FNO3.C5H9ClO/c1-24(2,3)23(30)32-21-20(22(29)28-25(21)10-12-31-13-11-25)18-14-16(6-9-19(18)26)15-4-7-17(27)8-5-15;1-13-2-3-15(14-4-6-16(22)7-5-14)12-17(13)18-19(24)21(23-20(18)25)8-10-26-11-9-21;1-5(2,3)4(6)7/h4-9,14H,10-13H2,1-3H3,(H,28,29);2-7,12,24H,8-11H2,1H3,(H,23,25);1-3H3. The Morgan fingerprint density at radius 1 is 0.646 bits per heavy atom. The largest absolute Gasteiger partial charge is 0.509 e. The minimum absolute atomic E-state index is 0.102. The second-order valence-corrected chi connectivity index (χ2v) is 19.4. The lowest BCUT2D eigenvalue weighted by Crippen LogP contribution is -2.49. The average Bonchev–Trinajstić information content (AvgIpc) is 3.64. The Balaban J connectivity index is 0.000000191. The van der Waals surface area contributed by atoms with Crippen molar-refractivity contribution >= 4 is 57.4 Å². The summed E-state index contributed by atoms with van der Waals surface area (Å²) in [7, 11) is 0. The maximum atomic E-state index is 13.4. The first kappa shape index (κ1) is 49.0. The van der Waals surface area contributed by atoms with Gasteiger partial charge in [0.25, 0.3) is 11.8 Å². The molecule has 0 unspecified atom stereocenters. The van der Waals surface area contributed by atoms with Gasteiger partial charge in [-0.15, -0.1) is 0 Å². The molecule has 4 aromatic carbocycles. The van der Waals surface area contributed by atoms with Crippen LogP contribution in [0.2, 0.25) is 5.02 Å². The van der Waals surface area contributed by atoms with Crippen LogP contribution in [0.3, 0.4) is 0 Å². The normalized spacial score (nSPS) is 17.8. The van der Waals surface area contributed by atoms with Crippen LogP contribution in [0.25, 0.3) is 33.4 Å². The second kappa shape index (κ2) is 19.6. The van der Waals surface area contributed by atoms with Crippen LogP contribution in [0.5, 0.6) is 0 Å². The maximum absolute atomic E-state index is 13.4. The van der Waals surface area contributed by atoms with Crippen molar-refractivity contribution in [1.82, 2.24) is 10.6 Å². The van der Waals surface area contributed by atoms with Crippen LogP contribution in [0.15, 0.2) is 96.4 Å². The second-order valence-electron chi connectivity index (χ2n) is 18.6. The molecule has 14 heteroatoms. The predicted octanol–water partition coefficient (Wildman–Crippen LogP) is 10.7. The molecule has 4 aromatic rings. The lowest BCUT2D eigenvalue weighted by molar-refractivity contribution is -0.150. The van der Waals surface area contributed by atoms with E-state index in [0.717, 1.165) is 27.8 Å². The van der Waals surface area contributed by atoms with Gasteiger partial charge in [-0.2, -0.15) is 0 Å². The van der Waals surface area contributed by atoms with E-state index in [0.29, 0.717) is 79.6 Å². The highest BCUT2D eigenvalue weighted by molar-refractivity contribution is 6.64. The number of nitrogens with one attached hydrogen (secondary N) is 2. The van der Waals surface area contributed by atoms with Gasteiger partial charge in [-0.25, -0.2) is 8.78 Å². The molecular formula is C51H54Cl2F2N2O8. The Hall–Kier alpha value is -5.40. The van der Waals surface area contributed by atoms with Gasteiger partial charge in [0.05, 0.1) is 16.6 Å². The van der Waals surface area contributed by atoms with E-state index < -0.39 is 22.5 Å². The van der Waals surface area contributed by atoms with E-state index in [2.05, 4.69) is 10.6 Å². The zero-order valence-corrected chi connectivity index (χ0v) is 39.1. The van der Waals surface area contributed by atoms with Crippen LogP contribution in [-0.2, 0) is 33.4 Å². The highest BCUT2D eigenvalue weighted by atomic mass is 35.5. The molecule has 0 saturated carbocycles. The summed E-state index contributed by atoms with van der Waals surface area (Å²) >= 11 is 11.6. The van der Waals surface area contributed by atoms with Crippen LogP contribution in [0, 0.1) is 29.4 Å². The molecule has 0 atom stereocenters. The molecule has 2 fully saturated rings. The Bertz CT molecular complexity index is 2530. The molecule has 0 bridgehead atoms. The van der Waals surface area contributed by atoms with Crippen molar-refractivity contribution in [3.63, 3.8) is 0 Å². The number of hydrogen-bond donors (Lipinski definition) is 3. The first-order chi connectivity index (χ1) is 30.5. The lowest BCUT2D eigenvalue weighted by atomic mass is 9.87. The Morgan fingerprint density at radius 3 is 1.54 bits per heavy atom. The van der Waals surface area contributed by atoms with E-state index >= 15 is 0 Å². The van der Waals surface area contributed by atoms with Crippen LogP contribution in [-0.4, -0.2) is 65.6 Å². The molecule has 2 saturated heterocycles. The third kappa shape index (κ3) is 11.0. The molecule has 2 spiro atoms. The molecule has 0 aromatic heterocycles. The van der Waals surface area contributed by atoms with Crippen LogP contribution in [0.1, 0.15) is 83.9 Å². The molecule has 8 rings (SSSR count). The van der Waals surface area contributed by atoms with Crippen molar-refractivity contribution in [3.8, 4) is 22.3 Å². The fourth-order valence-corrected chi connectivity index (χ4v) is 7.87. The number of ether oxygens (including phenoxy) is 3. The number of carbonyl (C=O) groups is 4. The van der Waals surface area contributed by atoms with Crippen molar-refractivity contribution in [3.05, 3.63) is 130 Å². The number of esters is 1. The zero-order valence-electron chi connectivity index (χ0n) is 37.6. The molecule has 10 nitrogen and oxygen atoms in total. The van der Waals surface area contributed by atoms with E-state index in [9.17, 15) is 33.1 Å². The summed E-state index contributed by atoms with van der Waals surface area (Å²) in [4.78, 5) is 49.0. The van der Waals surface area contributed by atoms with Crippen molar-refractivity contribution in [2.45, 2.75) is 85.2 Å². The molecule has 65 heavy (non-hydrogen) atoms. The van der Waals surface area contributed by atoms with E-state index in [1.54, 1.807) is 84.0 Å². The summed E-state index contributed by atoms with van der Waals surface area (Å²) in [6.45, 7) is 14.4. The number of aliphatic hydroxyl groups excluding tert-OH is 1. The topological polar surface area (TPSA) is 140 Å². The zero-order chi connectivity index (χ0) is 47.5. The van der Waals surface area contributed by atoms with Crippen molar-refractivity contribution in [2.24, 2.45) is 10.8 Å². The van der Waals surface area contributed by atoms with Crippen LogP contribution < -0.4 is 10.6 Å². The summed E-state index contributed by atoms with van der Waals surface area (Å²) < 4.78 is 43.4. The number of amides is 2. The molecule has 4 aliphatic heterocycles. The summed E-state index contributed by atoms with van der Waals surface area (Å²) in [5.41, 5.74) is 3.23. The molecule has 344 valence electrons. The van der Waals surface area contributed by atoms with Gasteiger partial charge in [-0.3, -0.25) is 19.2 Å². The van der Waals surface area contributed by atoms with Crippen LogP contribution >= 0.6 is 23.2 Å². The fourth-order valence-electron chi connectivity index (χ4n) is 7.66. The number of aliphatic hydroxyl groups is 1. The Kier molecular flexibility index (Phi) is 14.8. The molecule has 4 heterocycles. The fraction of sp³-hybridized carbons (Fsp3) is 0.373. The number of aryl methyl sites for hydroxylation is 1. The Morgan fingerprint density at radius 2 is 1.06 bits per heavy atom. The predicted molar refractivity (Wildman–Crippen MR) is 248 cm³/mol. The summed E-state index contributed by atoms with van der Waals surface area (Å²) in [6.07, 6.45) is 2.10. The minimum Gasteiger partial charge on any atom is -0.509 e. The summed E-state index contributed by atoms with van der Waals surface area (Å²) in [5, 5.41) is 17.0. The monoisotopic (exact) mass is 930 g/mol. The number of carbonyl (C=O) groups excluding carboxylic acids is 4. The minimum atomic E-state index is -0.819. The van der Waals surface area contributed by atoms with Gasteiger partial charge >= 0.3 is 5.97 Å². The molecule has 0 aliphatic carbocycles. The molecule has 4 aliphatic rings. The molecule has 0 radical (unpaired) electrons. The molecule has 2 amide bonds. The first-order valence-electron chi connectivity index (χ1n) is 21.4. The van der Waals surface area contributed by atoms with Gasteiger partial charge in [0, 0.05) is 68.1 Å².